The molecule has 7 nitrogen and oxygen atoms in total. The van der Waals surface area contributed by atoms with E-state index >= 15 is 0 Å². The molecule has 0 aliphatic carbocycles. The Morgan fingerprint density at radius 1 is 1.16 bits per heavy atom. The summed E-state index contributed by atoms with van der Waals surface area (Å²) in [4.78, 5) is 31.9. The van der Waals surface area contributed by atoms with E-state index in [0.717, 1.165) is 21.2 Å². The molecule has 0 saturated heterocycles. The first kappa shape index (κ1) is 25.9. The van der Waals surface area contributed by atoms with Crippen molar-refractivity contribution in [3.8, 4) is 17.1 Å². The van der Waals surface area contributed by atoms with Crippen molar-refractivity contribution in [3.63, 3.8) is 0 Å². The molecule has 1 aliphatic rings. The Bertz CT molecular complexity index is 1740. The van der Waals surface area contributed by atoms with Crippen LogP contribution < -0.4 is 19.6 Å². The number of hydrogen-bond donors (Lipinski definition) is 0. The average Bonchev–Trinajstić information content (AvgIpc) is 3.47. The predicted octanol–water partition coefficient (Wildman–Crippen LogP) is 5.14. The van der Waals surface area contributed by atoms with Gasteiger partial charge in [-0.15, -0.1) is 0 Å². The number of hydrogen-bond acceptors (Lipinski definition) is 7. The minimum atomic E-state index is -0.686. The van der Waals surface area contributed by atoms with Crippen molar-refractivity contribution in [2.24, 2.45) is 4.99 Å². The number of benzene rings is 2. The maximum Gasteiger partial charge on any atom is 0.338 e. The summed E-state index contributed by atoms with van der Waals surface area (Å²) in [6.45, 7) is 5.75. The zero-order valence-electron chi connectivity index (χ0n) is 21.3. The molecular weight excluding hydrogens is 568 g/mol. The van der Waals surface area contributed by atoms with Gasteiger partial charge in [0.1, 0.15) is 17.3 Å². The van der Waals surface area contributed by atoms with Gasteiger partial charge in [0.25, 0.3) is 5.56 Å². The number of halogens is 1. The lowest BCUT2D eigenvalue weighted by Crippen LogP contribution is -2.39. The topological polar surface area (TPSA) is 83.0 Å². The van der Waals surface area contributed by atoms with Crippen LogP contribution in [0.5, 0.6) is 5.75 Å². The third-order valence-electron chi connectivity index (χ3n) is 6.24. The number of rotatable bonds is 6. The fourth-order valence-corrected chi connectivity index (χ4v) is 6.13. The number of carbonyl (C=O) groups is 1. The Labute approximate surface area is 231 Å². The molecule has 1 aliphatic heterocycles. The molecule has 0 bridgehead atoms. The molecule has 0 saturated carbocycles. The molecule has 2 aromatic carbocycles. The van der Waals surface area contributed by atoms with Gasteiger partial charge in [-0.1, -0.05) is 45.5 Å². The Hall–Kier alpha value is -3.69. The maximum atomic E-state index is 13.8. The van der Waals surface area contributed by atoms with Gasteiger partial charge in [-0.2, -0.15) is 0 Å². The van der Waals surface area contributed by atoms with Crippen molar-refractivity contribution in [1.29, 1.82) is 0 Å². The second-order valence-electron chi connectivity index (χ2n) is 8.76. The number of thiazole rings is 1. The molecule has 0 radical (unpaired) electrons. The van der Waals surface area contributed by atoms with Gasteiger partial charge in [0.05, 0.1) is 35.6 Å². The van der Waals surface area contributed by atoms with Gasteiger partial charge in [-0.25, -0.2) is 9.79 Å². The molecule has 0 spiro atoms. The van der Waals surface area contributed by atoms with Crippen LogP contribution in [0.1, 0.15) is 36.8 Å². The number of methoxy groups -OCH3 is 1. The fraction of sp³-hybridized carbons (Fsp3) is 0.207. The monoisotopic (exact) mass is 592 g/mol. The van der Waals surface area contributed by atoms with Gasteiger partial charge >= 0.3 is 5.97 Å². The summed E-state index contributed by atoms with van der Waals surface area (Å²) in [5.41, 5.74) is 3.39. The Balaban J connectivity index is 1.63. The van der Waals surface area contributed by atoms with Crippen molar-refractivity contribution in [2.75, 3.05) is 13.7 Å². The highest BCUT2D eigenvalue weighted by molar-refractivity contribution is 9.10. The van der Waals surface area contributed by atoms with Crippen LogP contribution in [0.25, 0.3) is 17.4 Å². The predicted molar refractivity (Wildman–Crippen MR) is 150 cm³/mol. The van der Waals surface area contributed by atoms with Crippen molar-refractivity contribution < 1.29 is 18.7 Å². The summed E-state index contributed by atoms with van der Waals surface area (Å²) in [6, 6.07) is 16.3. The SMILES string of the molecule is CCOC(=O)C1=C(C)N=c2s/c(=C/c3ccc(-c4ccc(C)cc4Br)o3)c(=O)n2C1c1ccc(OC)cc1. The van der Waals surface area contributed by atoms with E-state index in [0.29, 0.717) is 37.9 Å². The van der Waals surface area contributed by atoms with Crippen LogP contribution in [-0.2, 0) is 9.53 Å². The van der Waals surface area contributed by atoms with Crippen molar-refractivity contribution >= 4 is 39.3 Å². The summed E-state index contributed by atoms with van der Waals surface area (Å²) in [6.07, 6.45) is 1.71. The average molecular weight is 593 g/mol. The van der Waals surface area contributed by atoms with Crippen LogP contribution in [0.4, 0.5) is 0 Å². The molecule has 0 N–H and O–H groups in total. The Morgan fingerprint density at radius 2 is 1.92 bits per heavy atom. The number of fused-ring (bicyclic) bond motifs is 1. The van der Waals surface area contributed by atoms with E-state index in [1.807, 2.05) is 49.4 Å². The van der Waals surface area contributed by atoms with Crippen LogP contribution in [0.3, 0.4) is 0 Å². The third-order valence-corrected chi connectivity index (χ3v) is 7.88. The van der Waals surface area contributed by atoms with Gasteiger partial charge in [-0.05, 0) is 68.3 Å². The first-order chi connectivity index (χ1) is 18.3. The standard InChI is InChI=1S/C29H25BrN2O5S/c1-5-36-28(34)25-17(3)31-29-32(26(25)18-7-9-19(35-4)10-8-18)27(33)24(38-29)15-20-11-13-23(37-20)21-12-6-16(2)14-22(21)30/h6-15,26H,5H2,1-4H3/b24-15+. The van der Waals surface area contributed by atoms with E-state index in [-0.39, 0.29) is 12.2 Å². The van der Waals surface area contributed by atoms with Crippen LogP contribution >= 0.6 is 27.3 Å². The van der Waals surface area contributed by atoms with E-state index in [9.17, 15) is 9.59 Å². The van der Waals surface area contributed by atoms with Gasteiger partial charge in [0.2, 0.25) is 0 Å². The molecule has 0 amide bonds. The normalized spacial score (nSPS) is 15.3. The smallest absolute Gasteiger partial charge is 0.338 e. The fourth-order valence-electron chi connectivity index (χ4n) is 4.42. The van der Waals surface area contributed by atoms with E-state index in [1.54, 1.807) is 43.7 Å². The highest BCUT2D eigenvalue weighted by atomic mass is 79.9. The van der Waals surface area contributed by atoms with Gasteiger partial charge in [0, 0.05) is 16.1 Å². The second-order valence-corrected chi connectivity index (χ2v) is 10.6. The first-order valence-corrected chi connectivity index (χ1v) is 13.6. The van der Waals surface area contributed by atoms with Crippen LogP contribution in [-0.4, -0.2) is 24.3 Å². The molecule has 0 fully saturated rings. The van der Waals surface area contributed by atoms with Crippen molar-refractivity contribution in [1.82, 2.24) is 4.57 Å². The quantitative estimate of drug-likeness (QED) is 0.290. The number of nitrogens with zero attached hydrogens (tertiary/aromatic N) is 2. The van der Waals surface area contributed by atoms with E-state index in [1.165, 1.54) is 11.3 Å². The summed E-state index contributed by atoms with van der Waals surface area (Å²) in [5.74, 6) is 1.41. The molecule has 2 aromatic heterocycles. The van der Waals surface area contributed by atoms with Crippen molar-refractivity contribution in [2.45, 2.75) is 26.8 Å². The summed E-state index contributed by atoms with van der Waals surface area (Å²) >= 11 is 4.85. The van der Waals surface area contributed by atoms with E-state index < -0.39 is 12.0 Å². The highest BCUT2D eigenvalue weighted by Gasteiger charge is 2.33. The third kappa shape index (κ3) is 4.79. The summed E-state index contributed by atoms with van der Waals surface area (Å²) in [5, 5.41) is 0. The number of aryl methyl sites for hydroxylation is 1. The van der Waals surface area contributed by atoms with Gasteiger partial charge < -0.3 is 13.9 Å². The largest absolute Gasteiger partial charge is 0.497 e. The van der Waals surface area contributed by atoms with Crippen molar-refractivity contribution in [3.05, 3.63) is 107 Å². The number of esters is 1. The van der Waals surface area contributed by atoms with E-state index in [2.05, 4.69) is 20.9 Å². The summed E-state index contributed by atoms with van der Waals surface area (Å²) < 4.78 is 19.6. The van der Waals surface area contributed by atoms with Crippen LogP contribution in [0.2, 0.25) is 0 Å². The highest BCUT2D eigenvalue weighted by Crippen LogP contribution is 2.32. The summed E-state index contributed by atoms with van der Waals surface area (Å²) in [7, 11) is 1.59. The number of aromatic nitrogens is 1. The molecule has 38 heavy (non-hydrogen) atoms. The lowest BCUT2D eigenvalue weighted by molar-refractivity contribution is -0.139. The zero-order chi connectivity index (χ0) is 27.0. The van der Waals surface area contributed by atoms with E-state index in [4.69, 9.17) is 13.9 Å². The van der Waals surface area contributed by atoms with Crippen LogP contribution in [0, 0.1) is 6.92 Å². The molecule has 1 unspecified atom stereocenters. The minimum Gasteiger partial charge on any atom is -0.497 e. The minimum absolute atomic E-state index is 0.216. The zero-order valence-corrected chi connectivity index (χ0v) is 23.7. The van der Waals surface area contributed by atoms with Gasteiger partial charge in [-0.3, -0.25) is 9.36 Å². The Morgan fingerprint density at radius 3 is 2.61 bits per heavy atom. The molecule has 1 atom stereocenters. The van der Waals surface area contributed by atoms with Crippen LogP contribution in [0.15, 0.2) is 84.5 Å². The molecule has 9 heteroatoms. The second kappa shape index (κ2) is 10.6. The molecule has 5 rings (SSSR count). The number of furan rings is 1. The maximum absolute atomic E-state index is 13.8. The Kier molecular flexibility index (Phi) is 7.23. The lowest BCUT2D eigenvalue weighted by atomic mass is 9.96. The molecule has 3 heterocycles. The lowest BCUT2D eigenvalue weighted by Gasteiger charge is -2.24. The molecular formula is C29H25BrN2O5S. The number of allylic oxidation sites excluding steroid dienone is 1. The number of carbonyl (C=O) groups excluding carboxylic acids is 1. The molecule has 4 aromatic rings. The van der Waals surface area contributed by atoms with Gasteiger partial charge in [0.15, 0.2) is 4.80 Å². The molecule has 194 valence electrons. The number of ether oxygens (including phenoxy) is 2. The first-order valence-electron chi connectivity index (χ1n) is 12.0.